The number of sulfonamides is 1. The third-order valence-electron chi connectivity index (χ3n) is 2.50. The molecule has 5 heteroatoms. The van der Waals surface area contributed by atoms with Gasteiger partial charge in [0.1, 0.15) is 0 Å². The van der Waals surface area contributed by atoms with Crippen molar-refractivity contribution < 1.29 is 8.42 Å². The molecular weight excluding hydrogens is 212 g/mol. The smallest absolute Gasteiger partial charge is 0.211 e. The SMILES string of the molecule is CC(C)(C)CN1CCN(S(C)(=O)=O)CC1. The van der Waals surface area contributed by atoms with E-state index in [1.165, 1.54) is 6.26 Å². The standard InChI is InChI=1S/C10H22N2O2S/c1-10(2,3)9-11-5-7-12(8-6-11)15(4,13)14/h5-9H2,1-4H3. The maximum absolute atomic E-state index is 11.3. The summed E-state index contributed by atoms with van der Waals surface area (Å²) in [6.07, 6.45) is 1.28. The maximum Gasteiger partial charge on any atom is 0.211 e. The van der Waals surface area contributed by atoms with E-state index in [4.69, 9.17) is 0 Å². The lowest BCUT2D eigenvalue weighted by Crippen LogP contribution is -2.50. The molecule has 0 bridgehead atoms. The molecule has 0 aromatic carbocycles. The van der Waals surface area contributed by atoms with Crippen molar-refractivity contribution in [2.45, 2.75) is 20.8 Å². The van der Waals surface area contributed by atoms with E-state index in [1.807, 2.05) is 0 Å². The van der Waals surface area contributed by atoms with Crippen molar-refractivity contribution >= 4 is 10.0 Å². The Kier molecular flexibility index (Phi) is 3.79. The Hall–Kier alpha value is -0.130. The first-order valence-corrected chi connectivity index (χ1v) is 7.21. The highest BCUT2D eigenvalue weighted by atomic mass is 32.2. The molecule has 1 fully saturated rings. The molecule has 0 aromatic heterocycles. The molecule has 0 amide bonds. The van der Waals surface area contributed by atoms with Crippen LogP contribution in [0.5, 0.6) is 0 Å². The Balaban J connectivity index is 2.43. The highest BCUT2D eigenvalue weighted by molar-refractivity contribution is 7.88. The zero-order valence-corrected chi connectivity index (χ0v) is 11.0. The second kappa shape index (κ2) is 4.39. The lowest BCUT2D eigenvalue weighted by atomic mass is 9.96. The van der Waals surface area contributed by atoms with Crippen molar-refractivity contribution in [2.75, 3.05) is 39.0 Å². The van der Waals surface area contributed by atoms with Gasteiger partial charge in [0.15, 0.2) is 0 Å². The highest BCUT2D eigenvalue weighted by Crippen LogP contribution is 2.16. The van der Waals surface area contributed by atoms with E-state index >= 15 is 0 Å². The zero-order valence-electron chi connectivity index (χ0n) is 10.2. The molecule has 0 aromatic rings. The molecule has 0 atom stereocenters. The van der Waals surface area contributed by atoms with E-state index in [9.17, 15) is 8.42 Å². The molecule has 0 radical (unpaired) electrons. The number of hydrogen-bond acceptors (Lipinski definition) is 3. The van der Waals surface area contributed by atoms with E-state index in [0.29, 0.717) is 13.1 Å². The molecule has 1 aliphatic rings. The van der Waals surface area contributed by atoms with Gasteiger partial charge in [0.05, 0.1) is 6.26 Å². The summed E-state index contributed by atoms with van der Waals surface area (Å²) >= 11 is 0. The van der Waals surface area contributed by atoms with Gasteiger partial charge < -0.3 is 4.90 Å². The Morgan fingerprint density at radius 1 is 1.07 bits per heavy atom. The lowest BCUT2D eigenvalue weighted by molar-refractivity contribution is 0.141. The molecule has 1 aliphatic heterocycles. The van der Waals surface area contributed by atoms with Crippen LogP contribution < -0.4 is 0 Å². The molecule has 0 saturated carbocycles. The molecule has 4 nitrogen and oxygen atoms in total. The first-order chi connectivity index (χ1) is 6.68. The average Bonchev–Trinajstić information content (AvgIpc) is 2.00. The van der Waals surface area contributed by atoms with Gasteiger partial charge in [0, 0.05) is 32.7 Å². The Morgan fingerprint density at radius 2 is 1.53 bits per heavy atom. The summed E-state index contributed by atoms with van der Waals surface area (Å²) in [5.74, 6) is 0. The van der Waals surface area contributed by atoms with Crippen molar-refractivity contribution in [3.8, 4) is 0 Å². The van der Waals surface area contributed by atoms with E-state index in [2.05, 4.69) is 25.7 Å². The van der Waals surface area contributed by atoms with Gasteiger partial charge in [-0.15, -0.1) is 0 Å². The van der Waals surface area contributed by atoms with Gasteiger partial charge in [-0.1, -0.05) is 20.8 Å². The molecule has 0 unspecified atom stereocenters. The quantitative estimate of drug-likeness (QED) is 0.703. The molecule has 1 heterocycles. The second-order valence-corrected chi connectivity index (χ2v) is 7.48. The lowest BCUT2D eigenvalue weighted by Gasteiger charge is -2.36. The van der Waals surface area contributed by atoms with E-state index < -0.39 is 10.0 Å². The molecule has 1 rings (SSSR count). The van der Waals surface area contributed by atoms with Crippen LogP contribution in [-0.4, -0.2) is 56.6 Å². The minimum atomic E-state index is -2.99. The van der Waals surface area contributed by atoms with Crippen LogP contribution in [0.25, 0.3) is 0 Å². The van der Waals surface area contributed by atoms with Crippen molar-refractivity contribution in [1.29, 1.82) is 0 Å². The molecule has 0 aliphatic carbocycles. The van der Waals surface area contributed by atoms with Gasteiger partial charge in [0.25, 0.3) is 0 Å². The molecule has 15 heavy (non-hydrogen) atoms. The number of hydrogen-bond donors (Lipinski definition) is 0. The predicted octanol–water partition coefficient (Wildman–Crippen LogP) is 0.610. The summed E-state index contributed by atoms with van der Waals surface area (Å²) in [5, 5.41) is 0. The van der Waals surface area contributed by atoms with Gasteiger partial charge in [-0.2, -0.15) is 4.31 Å². The second-order valence-electron chi connectivity index (χ2n) is 5.50. The van der Waals surface area contributed by atoms with Gasteiger partial charge >= 0.3 is 0 Å². The third-order valence-corrected chi connectivity index (χ3v) is 3.80. The highest BCUT2D eigenvalue weighted by Gasteiger charge is 2.25. The van der Waals surface area contributed by atoms with Crippen molar-refractivity contribution in [3.63, 3.8) is 0 Å². The van der Waals surface area contributed by atoms with E-state index in [0.717, 1.165) is 19.6 Å². The molecule has 0 N–H and O–H groups in total. The Morgan fingerprint density at radius 3 is 1.87 bits per heavy atom. The van der Waals surface area contributed by atoms with Crippen LogP contribution in [0.15, 0.2) is 0 Å². The zero-order chi connectivity index (χ0) is 11.7. The fourth-order valence-corrected chi connectivity index (χ4v) is 2.72. The summed E-state index contributed by atoms with van der Waals surface area (Å²) < 4.78 is 24.1. The van der Waals surface area contributed by atoms with Crippen LogP contribution in [0.3, 0.4) is 0 Å². The summed E-state index contributed by atoms with van der Waals surface area (Å²) in [7, 11) is -2.99. The minimum absolute atomic E-state index is 0.285. The normalized spacial score (nSPS) is 21.9. The maximum atomic E-state index is 11.3. The Labute approximate surface area is 93.3 Å². The minimum Gasteiger partial charge on any atom is -0.300 e. The molecule has 90 valence electrons. The van der Waals surface area contributed by atoms with Crippen LogP contribution in [0.1, 0.15) is 20.8 Å². The van der Waals surface area contributed by atoms with Gasteiger partial charge in [-0.25, -0.2) is 8.42 Å². The summed E-state index contributed by atoms with van der Waals surface area (Å²) in [5.41, 5.74) is 0.285. The summed E-state index contributed by atoms with van der Waals surface area (Å²) in [4.78, 5) is 2.34. The average molecular weight is 234 g/mol. The van der Waals surface area contributed by atoms with Crippen LogP contribution in [0.2, 0.25) is 0 Å². The van der Waals surface area contributed by atoms with Crippen LogP contribution in [0.4, 0.5) is 0 Å². The third kappa shape index (κ3) is 4.49. The fraction of sp³-hybridized carbons (Fsp3) is 1.00. The van der Waals surface area contributed by atoms with Crippen LogP contribution in [0, 0.1) is 5.41 Å². The van der Waals surface area contributed by atoms with Crippen molar-refractivity contribution in [3.05, 3.63) is 0 Å². The van der Waals surface area contributed by atoms with E-state index in [-0.39, 0.29) is 5.41 Å². The predicted molar refractivity (Wildman–Crippen MR) is 62.3 cm³/mol. The molecule has 0 spiro atoms. The first-order valence-electron chi connectivity index (χ1n) is 5.36. The number of rotatable bonds is 2. The van der Waals surface area contributed by atoms with Crippen molar-refractivity contribution in [1.82, 2.24) is 9.21 Å². The Bertz CT molecular complexity index is 298. The van der Waals surface area contributed by atoms with Crippen molar-refractivity contribution in [2.24, 2.45) is 5.41 Å². The van der Waals surface area contributed by atoms with E-state index in [1.54, 1.807) is 4.31 Å². The summed E-state index contributed by atoms with van der Waals surface area (Å²) in [6.45, 7) is 10.6. The van der Waals surface area contributed by atoms with Crippen LogP contribution >= 0.6 is 0 Å². The monoisotopic (exact) mass is 234 g/mol. The molecule has 1 saturated heterocycles. The first kappa shape index (κ1) is 12.9. The topological polar surface area (TPSA) is 40.6 Å². The van der Waals surface area contributed by atoms with Gasteiger partial charge in [-0.3, -0.25) is 0 Å². The van der Waals surface area contributed by atoms with Gasteiger partial charge in [-0.05, 0) is 5.41 Å². The fourth-order valence-electron chi connectivity index (χ4n) is 1.89. The number of piperazine rings is 1. The van der Waals surface area contributed by atoms with Crippen LogP contribution in [-0.2, 0) is 10.0 Å². The molecular formula is C10H22N2O2S. The number of nitrogens with zero attached hydrogens (tertiary/aromatic N) is 2. The van der Waals surface area contributed by atoms with Gasteiger partial charge in [0.2, 0.25) is 10.0 Å². The summed E-state index contributed by atoms with van der Waals surface area (Å²) in [6, 6.07) is 0. The largest absolute Gasteiger partial charge is 0.300 e.